The Hall–Kier alpha value is -2.92. The van der Waals surface area contributed by atoms with Gasteiger partial charge < -0.3 is 4.42 Å². The van der Waals surface area contributed by atoms with Crippen LogP contribution in [0.1, 0.15) is 28.0 Å². The number of nitrogens with zero attached hydrogens (tertiary/aromatic N) is 2. The number of amides is 1. The molecule has 0 fully saturated rings. The van der Waals surface area contributed by atoms with Crippen LogP contribution in [-0.4, -0.2) is 10.9 Å². The summed E-state index contributed by atoms with van der Waals surface area (Å²) in [5, 5.41) is 0.703. The van der Waals surface area contributed by atoms with E-state index in [9.17, 15) is 4.79 Å². The number of anilines is 1. The van der Waals surface area contributed by atoms with Crippen LogP contribution in [0.5, 0.6) is 0 Å². The van der Waals surface area contributed by atoms with Crippen LogP contribution < -0.4 is 4.90 Å². The Kier molecular flexibility index (Phi) is 5.01. The van der Waals surface area contributed by atoms with Gasteiger partial charge in [0, 0.05) is 0 Å². The van der Waals surface area contributed by atoms with Crippen molar-refractivity contribution in [1.29, 1.82) is 0 Å². The molecular weight excluding hydrogens is 368 g/mol. The van der Waals surface area contributed by atoms with E-state index in [1.807, 2.05) is 43.3 Å². The number of hydrogen-bond donors (Lipinski definition) is 0. The van der Waals surface area contributed by atoms with Gasteiger partial charge in [0.2, 0.25) is 5.91 Å². The van der Waals surface area contributed by atoms with E-state index in [0.29, 0.717) is 18.1 Å². The second kappa shape index (κ2) is 7.60. The van der Waals surface area contributed by atoms with E-state index >= 15 is 0 Å². The molecule has 5 heteroatoms. The molecule has 0 N–H and O–H groups in total. The summed E-state index contributed by atoms with van der Waals surface area (Å²) >= 11 is 1.54. The van der Waals surface area contributed by atoms with Crippen molar-refractivity contribution in [3.8, 4) is 0 Å². The molecule has 28 heavy (non-hydrogen) atoms. The maximum Gasteiger partial charge on any atom is 0.233 e. The number of carbonyl (C=O) groups excluding carboxylic acids is 1. The van der Waals surface area contributed by atoms with Crippen LogP contribution in [-0.2, 0) is 17.8 Å². The van der Waals surface area contributed by atoms with Crippen LogP contribution in [0.4, 0.5) is 5.13 Å². The van der Waals surface area contributed by atoms with Crippen molar-refractivity contribution in [2.75, 3.05) is 4.90 Å². The highest BCUT2D eigenvalue weighted by Crippen LogP contribution is 2.32. The van der Waals surface area contributed by atoms with E-state index in [4.69, 9.17) is 9.40 Å². The van der Waals surface area contributed by atoms with Gasteiger partial charge in [0.05, 0.1) is 29.4 Å². The Balaban J connectivity index is 1.68. The number of para-hydroxylation sites is 1. The first-order valence-electron chi connectivity index (χ1n) is 9.26. The molecule has 0 saturated heterocycles. The highest BCUT2D eigenvalue weighted by molar-refractivity contribution is 7.22. The molecule has 0 bridgehead atoms. The molecular formula is C23H22N2O2S. The average molecular weight is 391 g/mol. The number of fused-ring (bicyclic) bond motifs is 1. The molecule has 2 heterocycles. The van der Waals surface area contributed by atoms with Crippen LogP contribution in [0.15, 0.2) is 59.2 Å². The molecule has 4 aromatic rings. The lowest BCUT2D eigenvalue weighted by Gasteiger charge is -2.19. The Morgan fingerprint density at radius 3 is 2.61 bits per heavy atom. The summed E-state index contributed by atoms with van der Waals surface area (Å²) < 4.78 is 6.58. The first-order chi connectivity index (χ1) is 13.5. The standard InChI is InChI=1S/C23H22N2O2S/c1-15-9-10-18(12-17(15)3)13-21(26)25(14-19-7-5-11-27-19)23-24-22-16(2)6-4-8-20(22)28-23/h4-12H,13-14H2,1-3H3. The third-order valence-corrected chi connectivity index (χ3v) is 6.01. The number of benzene rings is 2. The van der Waals surface area contributed by atoms with Crippen LogP contribution in [0, 0.1) is 20.8 Å². The van der Waals surface area contributed by atoms with Gasteiger partial charge >= 0.3 is 0 Å². The van der Waals surface area contributed by atoms with Crippen molar-refractivity contribution in [3.63, 3.8) is 0 Å². The Morgan fingerprint density at radius 2 is 1.89 bits per heavy atom. The topological polar surface area (TPSA) is 46.3 Å². The number of rotatable bonds is 5. The van der Waals surface area contributed by atoms with Gasteiger partial charge in [-0.2, -0.15) is 0 Å². The van der Waals surface area contributed by atoms with Gasteiger partial charge in [0.25, 0.3) is 0 Å². The van der Waals surface area contributed by atoms with Crippen molar-refractivity contribution in [1.82, 2.24) is 4.98 Å². The summed E-state index contributed by atoms with van der Waals surface area (Å²) in [5.74, 6) is 0.751. The van der Waals surface area contributed by atoms with Crippen LogP contribution in [0.25, 0.3) is 10.2 Å². The maximum absolute atomic E-state index is 13.2. The minimum absolute atomic E-state index is 0.0105. The second-order valence-corrected chi connectivity index (χ2v) is 8.08. The summed E-state index contributed by atoms with van der Waals surface area (Å²) in [6.07, 6.45) is 1.96. The van der Waals surface area contributed by atoms with Crippen molar-refractivity contribution < 1.29 is 9.21 Å². The Morgan fingerprint density at radius 1 is 1.04 bits per heavy atom. The number of thiazole rings is 1. The zero-order valence-corrected chi connectivity index (χ0v) is 17.0. The first-order valence-corrected chi connectivity index (χ1v) is 10.1. The predicted octanol–water partition coefficient (Wildman–Crippen LogP) is 5.59. The molecule has 4 rings (SSSR count). The van der Waals surface area contributed by atoms with E-state index < -0.39 is 0 Å². The molecule has 0 spiro atoms. The number of carbonyl (C=O) groups is 1. The third-order valence-electron chi connectivity index (χ3n) is 4.96. The Labute approximate surface area is 168 Å². The quantitative estimate of drug-likeness (QED) is 0.446. The van der Waals surface area contributed by atoms with Crippen molar-refractivity contribution in [3.05, 3.63) is 82.8 Å². The van der Waals surface area contributed by atoms with Gasteiger partial charge in [-0.1, -0.05) is 41.7 Å². The smallest absolute Gasteiger partial charge is 0.233 e. The van der Waals surface area contributed by atoms with Gasteiger partial charge in [-0.25, -0.2) is 4.98 Å². The second-order valence-electron chi connectivity index (χ2n) is 7.07. The van der Waals surface area contributed by atoms with Gasteiger partial charge in [0.15, 0.2) is 5.13 Å². The van der Waals surface area contributed by atoms with Crippen molar-refractivity contribution in [2.45, 2.75) is 33.7 Å². The Bertz CT molecular complexity index is 1130. The van der Waals surface area contributed by atoms with Gasteiger partial charge in [0.1, 0.15) is 5.76 Å². The van der Waals surface area contributed by atoms with E-state index in [1.54, 1.807) is 11.2 Å². The summed E-state index contributed by atoms with van der Waals surface area (Å²) in [7, 11) is 0. The van der Waals surface area contributed by atoms with Gasteiger partial charge in [-0.3, -0.25) is 9.69 Å². The minimum atomic E-state index is 0.0105. The molecule has 2 aromatic heterocycles. The lowest BCUT2D eigenvalue weighted by Crippen LogP contribution is -2.31. The molecule has 142 valence electrons. The molecule has 0 aliphatic carbocycles. The molecule has 0 saturated carbocycles. The lowest BCUT2D eigenvalue weighted by molar-refractivity contribution is -0.118. The molecule has 0 unspecified atom stereocenters. The van der Waals surface area contributed by atoms with Crippen LogP contribution >= 0.6 is 11.3 Å². The molecule has 2 aromatic carbocycles. The van der Waals surface area contributed by atoms with E-state index in [0.717, 1.165) is 27.1 Å². The van der Waals surface area contributed by atoms with Gasteiger partial charge in [-0.15, -0.1) is 0 Å². The largest absolute Gasteiger partial charge is 0.467 e. The molecule has 0 aliphatic rings. The number of furan rings is 1. The maximum atomic E-state index is 13.2. The zero-order valence-electron chi connectivity index (χ0n) is 16.2. The number of hydrogen-bond acceptors (Lipinski definition) is 4. The molecule has 4 nitrogen and oxygen atoms in total. The highest BCUT2D eigenvalue weighted by atomic mass is 32.1. The normalized spacial score (nSPS) is 11.1. The minimum Gasteiger partial charge on any atom is -0.467 e. The molecule has 0 radical (unpaired) electrons. The monoisotopic (exact) mass is 390 g/mol. The zero-order chi connectivity index (χ0) is 19.7. The van der Waals surface area contributed by atoms with Gasteiger partial charge in [-0.05, 0) is 61.2 Å². The SMILES string of the molecule is Cc1ccc(CC(=O)N(Cc2ccco2)c2nc3c(C)cccc3s2)cc1C. The molecule has 1 amide bonds. The van der Waals surface area contributed by atoms with E-state index in [2.05, 4.69) is 26.0 Å². The average Bonchev–Trinajstić information content (AvgIpc) is 3.32. The van der Waals surface area contributed by atoms with Crippen molar-refractivity contribution >= 4 is 32.6 Å². The molecule has 0 aliphatic heterocycles. The third kappa shape index (κ3) is 3.71. The van der Waals surface area contributed by atoms with Crippen LogP contribution in [0.3, 0.4) is 0 Å². The van der Waals surface area contributed by atoms with Crippen molar-refractivity contribution in [2.24, 2.45) is 0 Å². The fraction of sp³-hybridized carbons (Fsp3) is 0.217. The molecule has 0 atom stereocenters. The fourth-order valence-electron chi connectivity index (χ4n) is 3.19. The summed E-state index contributed by atoms with van der Waals surface area (Å²) in [6.45, 7) is 6.56. The predicted molar refractivity (Wildman–Crippen MR) is 114 cm³/mol. The van der Waals surface area contributed by atoms with E-state index in [-0.39, 0.29) is 5.91 Å². The summed E-state index contributed by atoms with van der Waals surface area (Å²) in [6, 6.07) is 16.0. The summed E-state index contributed by atoms with van der Waals surface area (Å²) in [4.78, 5) is 19.8. The lowest BCUT2D eigenvalue weighted by atomic mass is 10.0. The van der Waals surface area contributed by atoms with Crippen LogP contribution in [0.2, 0.25) is 0 Å². The van der Waals surface area contributed by atoms with E-state index in [1.165, 1.54) is 22.5 Å². The number of aromatic nitrogens is 1. The fourth-order valence-corrected chi connectivity index (χ4v) is 4.25. The summed E-state index contributed by atoms with van der Waals surface area (Å²) in [5.41, 5.74) is 5.49. The first kappa shape index (κ1) is 18.4. The number of aryl methyl sites for hydroxylation is 3. The highest BCUT2D eigenvalue weighted by Gasteiger charge is 2.22.